The molecule has 1 unspecified atom stereocenters. The molecule has 2 fully saturated rings. The van der Waals surface area contributed by atoms with Crippen molar-refractivity contribution in [3.8, 4) is 0 Å². The molecular weight excluding hydrogens is 180 g/mol. The Kier molecular flexibility index (Phi) is 2.01. The molecular formula is C10H16N2O2. The molecule has 0 radical (unpaired) electrons. The van der Waals surface area contributed by atoms with Gasteiger partial charge < -0.3 is 10.2 Å². The predicted molar refractivity (Wildman–Crippen MR) is 51.5 cm³/mol. The summed E-state index contributed by atoms with van der Waals surface area (Å²) in [4.78, 5) is 25.1. The average Bonchev–Trinajstić information content (AvgIpc) is 2.60. The molecule has 2 aliphatic rings. The Morgan fingerprint density at radius 2 is 2.29 bits per heavy atom. The van der Waals surface area contributed by atoms with Gasteiger partial charge in [-0.1, -0.05) is 13.8 Å². The number of carbonyl (C=O) groups is 2. The zero-order valence-corrected chi connectivity index (χ0v) is 8.67. The molecule has 4 nitrogen and oxygen atoms in total. The Morgan fingerprint density at radius 3 is 2.71 bits per heavy atom. The van der Waals surface area contributed by atoms with Crippen molar-refractivity contribution in [1.29, 1.82) is 0 Å². The van der Waals surface area contributed by atoms with E-state index in [9.17, 15) is 9.59 Å². The van der Waals surface area contributed by atoms with E-state index in [-0.39, 0.29) is 17.7 Å². The summed E-state index contributed by atoms with van der Waals surface area (Å²) in [5.74, 6) is 0.125. The molecule has 0 aromatic carbocycles. The minimum atomic E-state index is -0.471. The van der Waals surface area contributed by atoms with Crippen molar-refractivity contribution < 1.29 is 9.59 Å². The van der Waals surface area contributed by atoms with Crippen molar-refractivity contribution in [3.63, 3.8) is 0 Å². The smallest absolute Gasteiger partial charge is 0.247 e. The Hall–Kier alpha value is -1.06. The van der Waals surface area contributed by atoms with Gasteiger partial charge in [0, 0.05) is 19.0 Å². The molecule has 2 heterocycles. The molecule has 0 aromatic rings. The molecule has 1 atom stereocenters. The van der Waals surface area contributed by atoms with Crippen LogP contribution in [0, 0.1) is 5.92 Å². The molecule has 2 aliphatic heterocycles. The van der Waals surface area contributed by atoms with E-state index >= 15 is 0 Å². The lowest BCUT2D eigenvalue weighted by molar-refractivity contribution is -0.153. The zero-order valence-electron chi connectivity index (χ0n) is 8.67. The van der Waals surface area contributed by atoms with Gasteiger partial charge >= 0.3 is 0 Å². The normalized spacial score (nSPS) is 30.8. The number of rotatable bonds is 1. The fourth-order valence-corrected chi connectivity index (χ4v) is 2.30. The molecule has 0 aromatic heterocycles. The second kappa shape index (κ2) is 2.97. The monoisotopic (exact) mass is 196 g/mol. The van der Waals surface area contributed by atoms with Crippen LogP contribution in [0.4, 0.5) is 0 Å². The van der Waals surface area contributed by atoms with Gasteiger partial charge in [0.05, 0.1) is 0 Å². The molecule has 2 amide bonds. The van der Waals surface area contributed by atoms with Crippen LogP contribution < -0.4 is 5.32 Å². The first kappa shape index (κ1) is 9.49. The number of hydrogen-bond donors (Lipinski definition) is 1. The first-order valence-corrected chi connectivity index (χ1v) is 5.18. The lowest BCUT2D eigenvalue weighted by Gasteiger charge is -2.44. The van der Waals surface area contributed by atoms with Gasteiger partial charge in [0.25, 0.3) is 0 Å². The Morgan fingerprint density at radius 1 is 1.57 bits per heavy atom. The predicted octanol–water partition coefficient (Wildman–Crippen LogP) is 0.133. The second-order valence-corrected chi connectivity index (χ2v) is 4.46. The minimum absolute atomic E-state index is 0.0154. The SMILES string of the molecule is CC(C)C(=O)N1CCCC12CNC2=O. The summed E-state index contributed by atoms with van der Waals surface area (Å²) in [6.07, 6.45) is 1.78. The molecule has 2 saturated heterocycles. The third kappa shape index (κ3) is 1.06. The maximum atomic E-state index is 11.8. The summed E-state index contributed by atoms with van der Waals surface area (Å²) in [6.45, 7) is 5.14. The fourth-order valence-electron chi connectivity index (χ4n) is 2.30. The van der Waals surface area contributed by atoms with Crippen LogP contribution in [0.3, 0.4) is 0 Å². The Balaban J connectivity index is 2.19. The second-order valence-electron chi connectivity index (χ2n) is 4.46. The van der Waals surface area contributed by atoms with Gasteiger partial charge in [0.1, 0.15) is 5.54 Å². The van der Waals surface area contributed by atoms with E-state index in [1.165, 1.54) is 0 Å². The van der Waals surface area contributed by atoms with Crippen molar-refractivity contribution in [2.24, 2.45) is 5.92 Å². The first-order chi connectivity index (χ1) is 6.58. The third-order valence-corrected chi connectivity index (χ3v) is 3.21. The van der Waals surface area contributed by atoms with Crippen LogP contribution in [0.5, 0.6) is 0 Å². The molecule has 4 heteroatoms. The van der Waals surface area contributed by atoms with Crippen LogP contribution in [0.2, 0.25) is 0 Å². The summed E-state index contributed by atoms with van der Waals surface area (Å²) in [5.41, 5.74) is -0.471. The maximum Gasteiger partial charge on any atom is 0.247 e. The molecule has 14 heavy (non-hydrogen) atoms. The van der Waals surface area contributed by atoms with Gasteiger partial charge in [0.15, 0.2) is 0 Å². The van der Waals surface area contributed by atoms with E-state index < -0.39 is 5.54 Å². The number of carbonyl (C=O) groups excluding carboxylic acids is 2. The highest BCUT2D eigenvalue weighted by molar-refractivity contribution is 5.97. The average molecular weight is 196 g/mol. The van der Waals surface area contributed by atoms with Crippen LogP contribution in [-0.2, 0) is 9.59 Å². The van der Waals surface area contributed by atoms with Crippen molar-refractivity contribution in [3.05, 3.63) is 0 Å². The molecule has 78 valence electrons. The number of likely N-dealkylation sites (tertiary alicyclic amines) is 1. The summed E-state index contributed by atoms with van der Waals surface area (Å²) >= 11 is 0. The van der Waals surface area contributed by atoms with E-state index in [4.69, 9.17) is 0 Å². The van der Waals surface area contributed by atoms with E-state index in [0.717, 1.165) is 19.4 Å². The van der Waals surface area contributed by atoms with Crippen LogP contribution in [0.1, 0.15) is 26.7 Å². The highest BCUT2D eigenvalue weighted by Gasteiger charge is 2.55. The van der Waals surface area contributed by atoms with E-state index in [0.29, 0.717) is 6.54 Å². The lowest BCUT2D eigenvalue weighted by Crippen LogP contribution is -2.71. The standard InChI is InChI=1S/C10H16N2O2/c1-7(2)8(13)12-5-3-4-10(12)6-11-9(10)14/h7H,3-6H2,1-2H3,(H,11,14). The summed E-state index contributed by atoms with van der Waals surface area (Å²) < 4.78 is 0. The highest BCUT2D eigenvalue weighted by Crippen LogP contribution is 2.34. The van der Waals surface area contributed by atoms with Crippen molar-refractivity contribution in [2.45, 2.75) is 32.2 Å². The van der Waals surface area contributed by atoms with Gasteiger partial charge in [-0.25, -0.2) is 0 Å². The summed E-state index contributed by atoms with van der Waals surface area (Å²) in [6, 6.07) is 0. The summed E-state index contributed by atoms with van der Waals surface area (Å²) in [5, 5.41) is 2.73. The number of hydrogen-bond acceptors (Lipinski definition) is 2. The molecule has 1 spiro atoms. The van der Waals surface area contributed by atoms with E-state index in [1.807, 2.05) is 13.8 Å². The largest absolute Gasteiger partial charge is 0.351 e. The molecule has 0 aliphatic carbocycles. The van der Waals surface area contributed by atoms with E-state index in [1.54, 1.807) is 4.90 Å². The molecule has 2 rings (SSSR count). The van der Waals surface area contributed by atoms with Crippen LogP contribution in [-0.4, -0.2) is 35.3 Å². The minimum Gasteiger partial charge on any atom is -0.351 e. The number of nitrogens with one attached hydrogen (secondary N) is 1. The van der Waals surface area contributed by atoms with Gasteiger partial charge in [-0.2, -0.15) is 0 Å². The van der Waals surface area contributed by atoms with Gasteiger partial charge in [-0.15, -0.1) is 0 Å². The Labute approximate surface area is 83.6 Å². The topological polar surface area (TPSA) is 49.4 Å². The van der Waals surface area contributed by atoms with Crippen molar-refractivity contribution >= 4 is 11.8 Å². The van der Waals surface area contributed by atoms with Crippen LogP contribution in [0.25, 0.3) is 0 Å². The zero-order chi connectivity index (χ0) is 10.3. The van der Waals surface area contributed by atoms with Crippen LogP contribution in [0.15, 0.2) is 0 Å². The lowest BCUT2D eigenvalue weighted by atomic mass is 9.87. The molecule has 0 bridgehead atoms. The summed E-state index contributed by atoms with van der Waals surface area (Å²) in [7, 11) is 0. The molecule has 0 saturated carbocycles. The maximum absolute atomic E-state index is 11.8. The van der Waals surface area contributed by atoms with Gasteiger partial charge in [-0.3, -0.25) is 9.59 Å². The number of nitrogens with zero attached hydrogens (tertiary/aromatic N) is 1. The first-order valence-electron chi connectivity index (χ1n) is 5.18. The Bertz CT molecular complexity index is 288. The van der Waals surface area contributed by atoms with Gasteiger partial charge in [0.2, 0.25) is 11.8 Å². The highest BCUT2D eigenvalue weighted by atomic mass is 16.2. The van der Waals surface area contributed by atoms with Gasteiger partial charge in [-0.05, 0) is 12.8 Å². The van der Waals surface area contributed by atoms with Crippen LogP contribution >= 0.6 is 0 Å². The fraction of sp³-hybridized carbons (Fsp3) is 0.800. The van der Waals surface area contributed by atoms with Crippen molar-refractivity contribution in [1.82, 2.24) is 10.2 Å². The molecule has 1 N–H and O–H groups in total. The third-order valence-electron chi connectivity index (χ3n) is 3.21. The quantitative estimate of drug-likeness (QED) is 0.606. The van der Waals surface area contributed by atoms with Crippen molar-refractivity contribution in [2.75, 3.05) is 13.1 Å². The number of β-lactam (4-membered cyclic amide) rings is 1. The van der Waals surface area contributed by atoms with E-state index in [2.05, 4.69) is 5.32 Å². The number of amides is 2.